The molecule has 1 N–H and O–H groups in total. The molecule has 138 valence electrons. The first-order valence-electron chi connectivity index (χ1n) is 8.00. The Morgan fingerprint density at radius 2 is 1.85 bits per heavy atom. The molecule has 0 aromatic heterocycles. The minimum absolute atomic E-state index is 0.0945. The molecule has 0 fully saturated rings. The molecule has 7 nitrogen and oxygen atoms in total. The zero-order valence-electron chi connectivity index (χ0n) is 14.4. The number of fused-ring (bicyclic) bond motifs is 1. The number of carboxylic acid groups (broad SMARTS) is 1. The number of nitrogens with zero attached hydrogens (tertiary/aromatic N) is 1. The molecular formula is C18H19NO6S. The molecule has 0 amide bonds. The van der Waals surface area contributed by atoms with E-state index in [-0.39, 0.29) is 22.8 Å². The third-order valence-electron chi connectivity index (χ3n) is 4.34. The van der Waals surface area contributed by atoms with Crippen LogP contribution in [0.5, 0.6) is 11.5 Å². The van der Waals surface area contributed by atoms with E-state index in [2.05, 4.69) is 0 Å². The summed E-state index contributed by atoms with van der Waals surface area (Å²) in [5.74, 6) is -0.656. The molecule has 0 saturated heterocycles. The molecule has 3 rings (SSSR count). The van der Waals surface area contributed by atoms with Crippen molar-refractivity contribution >= 4 is 21.7 Å². The van der Waals surface area contributed by atoms with Gasteiger partial charge in [-0.1, -0.05) is 12.1 Å². The van der Waals surface area contributed by atoms with Gasteiger partial charge in [0, 0.05) is 6.54 Å². The van der Waals surface area contributed by atoms with Crippen molar-refractivity contribution in [3.8, 4) is 11.5 Å². The van der Waals surface area contributed by atoms with Gasteiger partial charge in [-0.05, 0) is 42.7 Å². The van der Waals surface area contributed by atoms with Gasteiger partial charge in [0.25, 0.3) is 10.0 Å². The van der Waals surface area contributed by atoms with E-state index in [4.69, 9.17) is 9.47 Å². The molecule has 1 aliphatic rings. The second-order valence-electron chi connectivity index (χ2n) is 5.82. The van der Waals surface area contributed by atoms with Crippen molar-refractivity contribution in [3.63, 3.8) is 0 Å². The molecule has 26 heavy (non-hydrogen) atoms. The Morgan fingerprint density at radius 1 is 1.12 bits per heavy atom. The summed E-state index contributed by atoms with van der Waals surface area (Å²) >= 11 is 0. The van der Waals surface area contributed by atoms with Crippen LogP contribution in [0.3, 0.4) is 0 Å². The predicted molar refractivity (Wildman–Crippen MR) is 95.8 cm³/mol. The summed E-state index contributed by atoms with van der Waals surface area (Å²) in [5, 5.41) is 9.22. The standard InChI is InChI=1S/C18H19NO6S/c1-24-14-9-8-13(18(20)21)11-16(14)26(22,23)19-10-4-6-12-5-3-7-15(25-2)17(12)19/h3,5,7-9,11H,4,6,10H2,1-2H3,(H,20,21). The Bertz CT molecular complexity index is 940. The maximum atomic E-state index is 13.4. The molecule has 8 heteroatoms. The highest BCUT2D eigenvalue weighted by Crippen LogP contribution is 2.40. The summed E-state index contributed by atoms with van der Waals surface area (Å²) in [6.07, 6.45) is 1.39. The van der Waals surface area contributed by atoms with Crippen molar-refractivity contribution in [1.82, 2.24) is 0 Å². The fourth-order valence-electron chi connectivity index (χ4n) is 3.11. The van der Waals surface area contributed by atoms with Gasteiger partial charge >= 0.3 is 5.97 Å². The molecular weight excluding hydrogens is 358 g/mol. The largest absolute Gasteiger partial charge is 0.495 e. The number of carboxylic acids is 1. The molecule has 0 radical (unpaired) electrons. The Hall–Kier alpha value is -2.74. The lowest BCUT2D eigenvalue weighted by Gasteiger charge is -2.32. The Balaban J connectivity index is 2.20. The number of anilines is 1. The van der Waals surface area contributed by atoms with Crippen molar-refractivity contribution in [3.05, 3.63) is 47.5 Å². The third-order valence-corrected chi connectivity index (χ3v) is 6.16. The lowest BCUT2D eigenvalue weighted by molar-refractivity contribution is 0.0696. The maximum Gasteiger partial charge on any atom is 0.335 e. The van der Waals surface area contributed by atoms with E-state index in [0.717, 1.165) is 18.1 Å². The van der Waals surface area contributed by atoms with Crippen molar-refractivity contribution in [2.45, 2.75) is 17.7 Å². The summed E-state index contributed by atoms with van der Waals surface area (Å²) in [6.45, 7) is 0.274. The van der Waals surface area contributed by atoms with Crippen molar-refractivity contribution < 1.29 is 27.8 Å². The van der Waals surface area contributed by atoms with Crippen molar-refractivity contribution in [2.75, 3.05) is 25.1 Å². The average Bonchev–Trinajstić information content (AvgIpc) is 2.66. The van der Waals surface area contributed by atoms with Crippen LogP contribution in [0, 0.1) is 0 Å². The SMILES string of the molecule is COc1ccc(C(=O)O)cc1S(=O)(=O)N1CCCc2cccc(OC)c21. The van der Waals surface area contributed by atoms with Gasteiger partial charge in [-0.2, -0.15) is 0 Å². The van der Waals surface area contributed by atoms with E-state index < -0.39 is 16.0 Å². The quantitative estimate of drug-likeness (QED) is 0.861. The third kappa shape index (κ3) is 2.96. The smallest absolute Gasteiger partial charge is 0.335 e. The molecule has 0 saturated carbocycles. The van der Waals surface area contributed by atoms with Gasteiger partial charge in [-0.15, -0.1) is 0 Å². The number of hydrogen-bond donors (Lipinski definition) is 1. The first-order chi connectivity index (χ1) is 12.4. The van der Waals surface area contributed by atoms with E-state index in [1.165, 1.54) is 30.7 Å². The number of carbonyl (C=O) groups is 1. The van der Waals surface area contributed by atoms with E-state index in [1.54, 1.807) is 6.07 Å². The lowest BCUT2D eigenvalue weighted by Crippen LogP contribution is -2.36. The van der Waals surface area contributed by atoms with Crippen LogP contribution >= 0.6 is 0 Å². The van der Waals surface area contributed by atoms with Gasteiger partial charge in [-0.25, -0.2) is 13.2 Å². The molecule has 0 aliphatic carbocycles. The van der Waals surface area contributed by atoms with Crippen molar-refractivity contribution in [2.24, 2.45) is 0 Å². The summed E-state index contributed by atoms with van der Waals surface area (Å²) in [6, 6.07) is 9.18. The van der Waals surface area contributed by atoms with Crippen LogP contribution in [0.2, 0.25) is 0 Å². The van der Waals surface area contributed by atoms with Crippen LogP contribution in [0.25, 0.3) is 0 Å². The number of methoxy groups -OCH3 is 2. The number of hydrogen-bond acceptors (Lipinski definition) is 5. The summed E-state index contributed by atoms with van der Waals surface area (Å²) in [4.78, 5) is 11.1. The maximum absolute atomic E-state index is 13.4. The summed E-state index contributed by atoms with van der Waals surface area (Å²) in [7, 11) is -1.21. The molecule has 0 unspecified atom stereocenters. The van der Waals surface area contributed by atoms with Gasteiger partial charge in [-0.3, -0.25) is 4.31 Å². The molecule has 0 bridgehead atoms. The van der Waals surface area contributed by atoms with Crippen LogP contribution in [0.1, 0.15) is 22.3 Å². The predicted octanol–water partition coefficient (Wildman–Crippen LogP) is 2.54. The Kier molecular flexibility index (Phi) is 4.78. The van der Waals surface area contributed by atoms with E-state index >= 15 is 0 Å². The molecule has 2 aromatic rings. The number of ether oxygens (including phenoxy) is 2. The topological polar surface area (TPSA) is 93.1 Å². The number of aryl methyl sites for hydroxylation is 1. The monoisotopic (exact) mass is 377 g/mol. The van der Waals surface area contributed by atoms with Crippen molar-refractivity contribution in [1.29, 1.82) is 0 Å². The first kappa shape index (κ1) is 18.1. The van der Waals surface area contributed by atoms with E-state index in [0.29, 0.717) is 17.9 Å². The molecule has 2 aromatic carbocycles. The zero-order chi connectivity index (χ0) is 18.9. The normalized spacial score (nSPS) is 13.8. The fourth-order valence-corrected chi connectivity index (χ4v) is 4.85. The highest BCUT2D eigenvalue weighted by Gasteiger charge is 2.34. The number of para-hydroxylation sites is 1. The van der Waals surface area contributed by atoms with Crippen LogP contribution in [0.4, 0.5) is 5.69 Å². The van der Waals surface area contributed by atoms with Crippen LogP contribution < -0.4 is 13.8 Å². The summed E-state index contributed by atoms with van der Waals surface area (Å²) in [5.41, 5.74) is 1.23. The number of sulfonamides is 1. The summed E-state index contributed by atoms with van der Waals surface area (Å²) < 4.78 is 38.5. The molecule has 1 aliphatic heterocycles. The Morgan fingerprint density at radius 3 is 2.50 bits per heavy atom. The van der Waals surface area contributed by atoms with E-state index in [1.807, 2.05) is 12.1 Å². The van der Waals surface area contributed by atoms with Gasteiger partial charge in [0.15, 0.2) is 0 Å². The zero-order valence-corrected chi connectivity index (χ0v) is 15.2. The second kappa shape index (κ2) is 6.87. The van der Waals surface area contributed by atoms with Crippen LogP contribution in [-0.4, -0.2) is 40.3 Å². The number of rotatable bonds is 5. The van der Waals surface area contributed by atoms with Gasteiger partial charge in [0.05, 0.1) is 25.5 Å². The minimum atomic E-state index is -4.04. The van der Waals surface area contributed by atoms with Gasteiger partial charge < -0.3 is 14.6 Å². The van der Waals surface area contributed by atoms with E-state index in [9.17, 15) is 18.3 Å². The highest BCUT2D eigenvalue weighted by molar-refractivity contribution is 7.93. The first-order valence-corrected chi connectivity index (χ1v) is 9.44. The fraction of sp³-hybridized carbons (Fsp3) is 0.278. The van der Waals surface area contributed by atoms with Gasteiger partial charge in [0.1, 0.15) is 16.4 Å². The lowest BCUT2D eigenvalue weighted by atomic mass is 10.0. The average molecular weight is 377 g/mol. The second-order valence-corrected chi connectivity index (χ2v) is 7.65. The highest BCUT2D eigenvalue weighted by atomic mass is 32.2. The number of benzene rings is 2. The number of aromatic carboxylic acids is 1. The Labute approximate surface area is 151 Å². The minimum Gasteiger partial charge on any atom is -0.495 e. The van der Waals surface area contributed by atoms with Crippen LogP contribution in [0.15, 0.2) is 41.3 Å². The molecule has 1 heterocycles. The molecule has 0 spiro atoms. The van der Waals surface area contributed by atoms with Crippen LogP contribution in [-0.2, 0) is 16.4 Å². The molecule has 0 atom stereocenters. The van der Waals surface area contributed by atoms with Gasteiger partial charge in [0.2, 0.25) is 0 Å².